The summed E-state index contributed by atoms with van der Waals surface area (Å²) < 4.78 is 97.5. The lowest BCUT2D eigenvalue weighted by atomic mass is 10.4. The molecule has 0 atom stereocenters. The third-order valence-electron chi connectivity index (χ3n) is 14.3. The van der Waals surface area contributed by atoms with E-state index in [4.69, 9.17) is 90.0 Å². The van der Waals surface area contributed by atoms with Gasteiger partial charge < -0.3 is 137 Å². The SMILES string of the molecule is CCCN(CO)c1nc(N(COC)COC)nc(N(COC)COC)n1.CCCNc1nc(N(CO)COC)nc(N(COC)COC)n1.CCCNc1nc(N(COC)COC)nc(N(COC)COC)n1.CCCNc1nc(NCOC)nc(N(COC)COC)n1.COCOCN(CO)c1nc(N(CO)COC)nc(N(COC)COC)n1. The lowest BCUT2D eigenvalue weighted by molar-refractivity contribution is -0.0334. The maximum atomic E-state index is 9.68. The van der Waals surface area contributed by atoms with Gasteiger partial charge in [-0.3, -0.25) is 49.0 Å². The summed E-state index contributed by atoms with van der Waals surface area (Å²) in [6, 6.07) is 0. The molecule has 0 fully saturated rings. The maximum absolute atomic E-state index is 9.68. The van der Waals surface area contributed by atoms with E-state index in [1.165, 1.54) is 50.2 Å². The fourth-order valence-corrected chi connectivity index (χ4v) is 9.26. The second kappa shape index (κ2) is 70.6. The third kappa shape index (κ3) is 43.2. The van der Waals surface area contributed by atoms with Crippen molar-refractivity contribution in [3.05, 3.63) is 0 Å². The van der Waals surface area contributed by atoms with Crippen LogP contribution in [0.25, 0.3) is 0 Å². The van der Waals surface area contributed by atoms with Gasteiger partial charge in [0.1, 0.15) is 155 Å². The van der Waals surface area contributed by atoms with Gasteiger partial charge in [-0.25, -0.2) is 0 Å². The van der Waals surface area contributed by atoms with Crippen LogP contribution in [0.1, 0.15) is 53.4 Å². The molecular weight excluding hydrogens is 1600 g/mol. The standard InChI is InChI=1S/C15H30N6O5.C14H28N6O7.C14H28N6O4.C13H26N6O4.C12H24N6O3/c1-6-7-19(8-22)13-16-14(20(9-23-2)10-24-3)18-15(17-13)21(11-25-4)12-26-5;1-23-7-18(5-21)12-15-13(19(6-22)10-27-11-26-4)17-14(16-12)20(8-24-2)9-25-3;1-6-7-15-12-16-13(19(8-21-2)9-22-3)18-14(17-12)20(10-23-4)11-24-5;1-5-6-14-11-15-12(18(7-20)8-21-2)17-13(16-11)19(9-22-3)10-23-4;1-5-6-13-10-15-11(14-7-19-2)17-12(16-10)18(8-20-3)9-21-4/h22H,6-12H2,1-5H3;21-22H,5-11H2,1-4H3;6-11H2,1-5H3,(H,15,16,17,18);20H,5-10H2,1-4H3,(H,14,15,16,17);5-9H2,1-4H3,(H2,13,14,15,16,17). The average molecular weight is 1740 g/mol. The molecule has 53 nitrogen and oxygen atoms in total. The number of aromatic nitrogens is 15. The van der Waals surface area contributed by atoms with Gasteiger partial charge in [0.2, 0.25) is 89.2 Å². The molecule has 0 bridgehead atoms. The highest BCUT2D eigenvalue weighted by atomic mass is 16.7. The minimum Gasteiger partial charge on any atom is -0.376 e. The van der Waals surface area contributed by atoms with Crippen molar-refractivity contribution in [3.63, 3.8) is 0 Å². The molecule has 0 saturated heterocycles. The highest BCUT2D eigenvalue weighted by Gasteiger charge is 2.25. The summed E-state index contributed by atoms with van der Waals surface area (Å²) in [6.07, 6.45) is 3.69. The first-order chi connectivity index (χ1) is 58.9. The van der Waals surface area contributed by atoms with Gasteiger partial charge in [0, 0.05) is 154 Å². The number of ether oxygens (including phenoxy) is 19. The van der Waals surface area contributed by atoms with E-state index in [9.17, 15) is 20.4 Å². The van der Waals surface area contributed by atoms with Gasteiger partial charge in [-0.2, -0.15) is 74.8 Å². The molecule has 5 aromatic rings. The summed E-state index contributed by atoms with van der Waals surface area (Å²) in [7, 11) is 28.2. The number of methoxy groups -OCH3 is 18. The van der Waals surface area contributed by atoms with E-state index in [1.54, 1.807) is 132 Å². The lowest BCUT2D eigenvalue weighted by Crippen LogP contribution is -2.35. The zero-order chi connectivity index (χ0) is 89.8. The number of hydrogen-bond donors (Lipinski definition) is 8. The summed E-state index contributed by atoms with van der Waals surface area (Å²) >= 11 is 0. The van der Waals surface area contributed by atoms with Gasteiger partial charge in [-0.1, -0.05) is 27.7 Å². The Morgan fingerprint density at radius 2 is 0.397 bits per heavy atom. The smallest absolute Gasteiger partial charge is 0.235 e. The minimum absolute atomic E-state index is 0.0226. The van der Waals surface area contributed by atoms with E-state index >= 15 is 0 Å². The summed E-state index contributed by atoms with van der Waals surface area (Å²) in [5.74, 6) is 5.41. The molecule has 0 amide bonds. The molecule has 0 aromatic carbocycles. The van der Waals surface area contributed by atoms with E-state index in [1.807, 2.05) is 13.8 Å². The van der Waals surface area contributed by atoms with Crippen molar-refractivity contribution in [2.24, 2.45) is 0 Å². The van der Waals surface area contributed by atoms with Crippen molar-refractivity contribution in [2.45, 2.75) is 53.4 Å². The number of aliphatic hydroxyl groups excluding tert-OH is 4. The molecule has 8 N–H and O–H groups in total. The van der Waals surface area contributed by atoms with Crippen LogP contribution in [0.4, 0.5) is 89.2 Å². The number of nitrogens with zero attached hydrogens (tertiary/aromatic N) is 26. The molecule has 5 aromatic heterocycles. The van der Waals surface area contributed by atoms with Crippen LogP contribution in [-0.2, 0) is 90.0 Å². The maximum Gasteiger partial charge on any atom is 0.235 e. The van der Waals surface area contributed by atoms with E-state index < -0.39 is 6.73 Å². The summed E-state index contributed by atoms with van der Waals surface area (Å²) in [5, 5.41) is 50.8. The van der Waals surface area contributed by atoms with Crippen LogP contribution in [0.2, 0.25) is 0 Å². The van der Waals surface area contributed by atoms with Gasteiger partial charge >= 0.3 is 0 Å². The van der Waals surface area contributed by atoms with Crippen molar-refractivity contribution < 1.29 is 110 Å². The molecule has 5 rings (SSSR count). The Bertz CT molecular complexity index is 3200. The van der Waals surface area contributed by atoms with Crippen LogP contribution >= 0.6 is 0 Å². The van der Waals surface area contributed by atoms with Crippen molar-refractivity contribution in [1.29, 1.82) is 0 Å². The molecule has 0 aliphatic carbocycles. The molecule has 0 unspecified atom stereocenters. The van der Waals surface area contributed by atoms with Crippen LogP contribution in [0.15, 0.2) is 0 Å². The first-order valence-corrected chi connectivity index (χ1v) is 37.8. The first kappa shape index (κ1) is 110. The van der Waals surface area contributed by atoms with Crippen LogP contribution in [0.3, 0.4) is 0 Å². The molecule has 0 spiro atoms. The highest BCUT2D eigenvalue weighted by molar-refractivity contribution is 5.50. The first-order valence-electron chi connectivity index (χ1n) is 37.8. The largest absolute Gasteiger partial charge is 0.376 e. The van der Waals surface area contributed by atoms with Crippen LogP contribution < -0.4 is 75.2 Å². The molecule has 696 valence electrons. The molecule has 53 heteroatoms. The third-order valence-corrected chi connectivity index (χ3v) is 14.3. The zero-order valence-electron chi connectivity index (χ0n) is 74.6. The van der Waals surface area contributed by atoms with Gasteiger partial charge in [-0.15, -0.1) is 0 Å². The molecule has 0 aliphatic rings. The second-order valence-corrected chi connectivity index (χ2v) is 24.3. The summed E-state index contributed by atoms with van der Waals surface area (Å²) in [6.45, 7) is 13.8. The quantitative estimate of drug-likeness (QED) is 0.0190. The zero-order valence-corrected chi connectivity index (χ0v) is 74.6. The van der Waals surface area contributed by atoms with Crippen molar-refractivity contribution >= 4 is 89.2 Å². The lowest BCUT2D eigenvalue weighted by Gasteiger charge is -2.27. The molecule has 0 aliphatic heterocycles. The monoisotopic (exact) mass is 1740 g/mol. The van der Waals surface area contributed by atoms with Gasteiger partial charge in [-0.05, 0) is 25.7 Å². The van der Waals surface area contributed by atoms with Gasteiger partial charge in [0.15, 0.2) is 0 Å². The topological polar surface area (TPSA) is 533 Å². The Morgan fingerprint density at radius 3 is 0.612 bits per heavy atom. The Labute approximate surface area is 709 Å². The van der Waals surface area contributed by atoms with E-state index in [2.05, 4.69) is 110 Å². The Kier molecular flexibility index (Phi) is 64.3. The van der Waals surface area contributed by atoms with Crippen molar-refractivity contribution in [1.82, 2.24) is 74.8 Å². The average Bonchev–Trinajstić information content (AvgIpc) is 0.821. The second-order valence-electron chi connectivity index (χ2n) is 24.3. The number of hydrogen-bond acceptors (Lipinski definition) is 53. The molecular formula is C68H136N30O23. The minimum atomic E-state index is -0.412. The Balaban J connectivity index is 0.000000758. The molecule has 121 heavy (non-hydrogen) atoms. The Morgan fingerprint density at radius 1 is 0.207 bits per heavy atom. The fraction of sp³-hybridized carbons (Fsp3) is 0.779. The van der Waals surface area contributed by atoms with E-state index in [-0.39, 0.29) is 119 Å². The predicted octanol–water partition coefficient (Wildman–Crippen LogP) is 0.159. The normalized spacial score (nSPS) is 10.7. The predicted molar refractivity (Wildman–Crippen MR) is 450 cm³/mol. The van der Waals surface area contributed by atoms with Crippen LogP contribution in [-0.4, -0.2) is 404 Å². The highest BCUT2D eigenvalue weighted by Crippen LogP contribution is 2.24. The van der Waals surface area contributed by atoms with Crippen LogP contribution in [0.5, 0.6) is 0 Å². The van der Waals surface area contributed by atoms with Crippen LogP contribution in [0, 0.1) is 0 Å². The fourth-order valence-electron chi connectivity index (χ4n) is 9.26. The van der Waals surface area contributed by atoms with Gasteiger partial charge in [0.05, 0.1) is 0 Å². The van der Waals surface area contributed by atoms with Crippen molar-refractivity contribution in [3.8, 4) is 0 Å². The van der Waals surface area contributed by atoms with Gasteiger partial charge in [0.25, 0.3) is 0 Å². The molecule has 0 radical (unpaired) electrons. The van der Waals surface area contributed by atoms with E-state index in [0.717, 1.165) is 45.3 Å². The summed E-state index contributed by atoms with van der Waals surface area (Å²) in [4.78, 5) is 83.5. The number of aliphatic hydroxyl groups is 4. The molecule has 0 saturated carbocycles. The number of rotatable bonds is 65. The summed E-state index contributed by atoms with van der Waals surface area (Å²) in [5.41, 5.74) is 0. The van der Waals surface area contributed by atoms with Crippen molar-refractivity contribution in [2.75, 3.05) is 384 Å². The Hall–Kier alpha value is -8.87. The number of anilines is 15. The van der Waals surface area contributed by atoms with E-state index in [0.29, 0.717) is 125 Å². The molecule has 5 heterocycles. The number of nitrogens with one attached hydrogen (secondary N) is 4.